The Morgan fingerprint density at radius 1 is 1.58 bits per heavy atom. The van der Waals surface area contributed by atoms with Crippen LogP contribution in [0.2, 0.25) is 0 Å². The highest BCUT2D eigenvalue weighted by molar-refractivity contribution is 7.08. The third-order valence-corrected chi connectivity index (χ3v) is 2.25. The summed E-state index contributed by atoms with van der Waals surface area (Å²) < 4.78 is 0. The van der Waals surface area contributed by atoms with E-state index in [9.17, 15) is 4.79 Å². The molecule has 1 nitrogen and oxygen atoms in total. The Morgan fingerprint density at radius 3 is 2.83 bits per heavy atom. The van der Waals surface area contributed by atoms with Crippen LogP contribution >= 0.6 is 11.3 Å². The van der Waals surface area contributed by atoms with Crippen molar-refractivity contribution in [1.82, 2.24) is 0 Å². The van der Waals surface area contributed by atoms with Crippen molar-refractivity contribution < 1.29 is 4.79 Å². The molecule has 0 unspecified atom stereocenters. The van der Waals surface area contributed by atoms with Gasteiger partial charge in [0.25, 0.3) is 0 Å². The highest BCUT2D eigenvalue weighted by Crippen LogP contribution is 2.08. The van der Waals surface area contributed by atoms with Crippen LogP contribution in [0.15, 0.2) is 22.9 Å². The molecule has 0 saturated carbocycles. The summed E-state index contributed by atoms with van der Waals surface area (Å²) in [5, 5.41) is 4.02. The summed E-state index contributed by atoms with van der Waals surface area (Å²) in [6, 6.07) is 1.99. The zero-order chi connectivity index (χ0) is 8.97. The lowest BCUT2D eigenvalue weighted by molar-refractivity contribution is -0.117. The van der Waals surface area contributed by atoms with Gasteiger partial charge in [-0.1, -0.05) is 19.9 Å². The average Bonchev–Trinajstić information content (AvgIpc) is 2.51. The monoisotopic (exact) mass is 180 g/mol. The lowest BCUT2D eigenvalue weighted by atomic mass is 10.1. The molecule has 0 fully saturated rings. The third kappa shape index (κ3) is 2.62. The van der Waals surface area contributed by atoms with E-state index in [1.54, 1.807) is 17.4 Å². The summed E-state index contributed by atoms with van der Waals surface area (Å²) in [6.07, 6.45) is 3.51. The van der Waals surface area contributed by atoms with Crippen LogP contribution in [0.5, 0.6) is 0 Å². The van der Waals surface area contributed by atoms with Gasteiger partial charge in [0, 0.05) is 5.92 Å². The first-order valence-electron chi connectivity index (χ1n) is 3.94. The molecule has 0 N–H and O–H groups in total. The maximum atomic E-state index is 11.2. The van der Waals surface area contributed by atoms with Crippen molar-refractivity contribution in [1.29, 1.82) is 0 Å². The topological polar surface area (TPSA) is 17.1 Å². The van der Waals surface area contributed by atoms with Crippen LogP contribution in [-0.2, 0) is 4.79 Å². The van der Waals surface area contributed by atoms with Crippen molar-refractivity contribution in [3.8, 4) is 0 Å². The number of hydrogen-bond donors (Lipinski definition) is 0. The van der Waals surface area contributed by atoms with Gasteiger partial charge in [0.2, 0.25) is 0 Å². The Hall–Kier alpha value is -0.890. The molecule has 12 heavy (non-hydrogen) atoms. The number of allylic oxidation sites excluding steroid dienone is 1. The Morgan fingerprint density at radius 2 is 2.33 bits per heavy atom. The summed E-state index contributed by atoms with van der Waals surface area (Å²) in [6.45, 7) is 3.81. The third-order valence-electron chi connectivity index (χ3n) is 1.55. The molecule has 1 rings (SSSR count). The summed E-state index contributed by atoms with van der Waals surface area (Å²) in [5.41, 5.74) is 1.11. The van der Waals surface area contributed by atoms with E-state index in [1.165, 1.54) is 0 Å². The molecule has 2 heteroatoms. The fraction of sp³-hybridized carbons (Fsp3) is 0.300. The van der Waals surface area contributed by atoms with Gasteiger partial charge < -0.3 is 0 Å². The molecule has 0 bridgehead atoms. The van der Waals surface area contributed by atoms with Crippen molar-refractivity contribution in [3.05, 3.63) is 28.5 Å². The predicted octanol–water partition coefficient (Wildman–Crippen LogP) is 2.99. The Kier molecular flexibility index (Phi) is 3.23. The van der Waals surface area contributed by atoms with Crippen LogP contribution in [-0.4, -0.2) is 5.78 Å². The van der Waals surface area contributed by atoms with E-state index in [0.717, 1.165) is 5.56 Å². The highest BCUT2D eigenvalue weighted by atomic mass is 32.1. The minimum atomic E-state index is 0.0971. The number of ketones is 1. The van der Waals surface area contributed by atoms with Gasteiger partial charge in [0.15, 0.2) is 5.78 Å². The minimum Gasteiger partial charge on any atom is -0.295 e. The van der Waals surface area contributed by atoms with Crippen molar-refractivity contribution in [2.45, 2.75) is 13.8 Å². The molecule has 0 aliphatic heterocycles. The van der Waals surface area contributed by atoms with E-state index in [-0.39, 0.29) is 11.7 Å². The fourth-order valence-corrected chi connectivity index (χ4v) is 1.37. The Balaban J connectivity index is 2.57. The lowest BCUT2D eigenvalue weighted by Gasteiger charge is -1.95. The van der Waals surface area contributed by atoms with Crippen LogP contribution in [0.25, 0.3) is 6.08 Å². The van der Waals surface area contributed by atoms with Gasteiger partial charge in [-0.15, -0.1) is 0 Å². The first-order valence-corrected chi connectivity index (χ1v) is 4.88. The molecule has 0 atom stereocenters. The molecule has 64 valence electrons. The molecule has 0 amide bonds. The molecule has 1 aromatic heterocycles. The molecular weight excluding hydrogens is 168 g/mol. The second kappa shape index (κ2) is 4.21. The summed E-state index contributed by atoms with van der Waals surface area (Å²) >= 11 is 1.64. The number of thiophene rings is 1. The largest absolute Gasteiger partial charge is 0.295 e. The van der Waals surface area contributed by atoms with Crippen molar-refractivity contribution in [2.75, 3.05) is 0 Å². The van der Waals surface area contributed by atoms with E-state index in [4.69, 9.17) is 0 Å². The van der Waals surface area contributed by atoms with Gasteiger partial charge >= 0.3 is 0 Å². The Labute approximate surface area is 76.7 Å². The van der Waals surface area contributed by atoms with Crippen LogP contribution in [0.4, 0.5) is 0 Å². The van der Waals surface area contributed by atoms with Crippen LogP contribution in [0, 0.1) is 5.92 Å². The van der Waals surface area contributed by atoms with E-state index < -0.39 is 0 Å². The molecule has 1 heterocycles. The zero-order valence-electron chi connectivity index (χ0n) is 7.28. The molecule has 1 aromatic rings. The lowest BCUT2D eigenvalue weighted by Crippen LogP contribution is -2.01. The summed E-state index contributed by atoms with van der Waals surface area (Å²) in [4.78, 5) is 11.2. The van der Waals surface area contributed by atoms with Crippen molar-refractivity contribution in [3.63, 3.8) is 0 Å². The average molecular weight is 180 g/mol. The first kappa shape index (κ1) is 9.20. The summed E-state index contributed by atoms with van der Waals surface area (Å²) in [5.74, 6) is 0.279. The maximum Gasteiger partial charge on any atom is 0.158 e. The van der Waals surface area contributed by atoms with Gasteiger partial charge in [0.1, 0.15) is 0 Å². The van der Waals surface area contributed by atoms with Crippen LogP contribution in [0.3, 0.4) is 0 Å². The second-order valence-electron chi connectivity index (χ2n) is 2.95. The number of hydrogen-bond acceptors (Lipinski definition) is 2. The van der Waals surface area contributed by atoms with Gasteiger partial charge in [-0.05, 0) is 28.5 Å². The smallest absolute Gasteiger partial charge is 0.158 e. The number of rotatable bonds is 3. The quantitative estimate of drug-likeness (QED) is 0.653. The maximum absolute atomic E-state index is 11.2. The highest BCUT2D eigenvalue weighted by Gasteiger charge is 2.00. The van der Waals surface area contributed by atoms with E-state index in [1.807, 2.05) is 36.7 Å². The number of carbonyl (C=O) groups is 1. The van der Waals surface area contributed by atoms with Gasteiger partial charge in [-0.2, -0.15) is 11.3 Å². The predicted molar refractivity (Wildman–Crippen MR) is 53.2 cm³/mol. The van der Waals surface area contributed by atoms with Crippen LogP contribution < -0.4 is 0 Å². The normalized spacial score (nSPS) is 11.2. The van der Waals surface area contributed by atoms with Crippen molar-refractivity contribution >= 4 is 23.2 Å². The molecule has 0 aromatic carbocycles. The molecule has 0 radical (unpaired) electrons. The van der Waals surface area contributed by atoms with E-state index in [0.29, 0.717) is 0 Å². The van der Waals surface area contributed by atoms with Crippen LogP contribution in [0.1, 0.15) is 19.4 Å². The van der Waals surface area contributed by atoms with E-state index in [2.05, 4.69) is 0 Å². The summed E-state index contributed by atoms with van der Waals surface area (Å²) in [7, 11) is 0. The zero-order valence-corrected chi connectivity index (χ0v) is 8.10. The Bertz CT molecular complexity index is 270. The fourth-order valence-electron chi connectivity index (χ4n) is 0.741. The van der Waals surface area contributed by atoms with Crippen molar-refractivity contribution in [2.24, 2.45) is 5.92 Å². The molecule has 0 aliphatic carbocycles. The van der Waals surface area contributed by atoms with Gasteiger partial charge in [-0.25, -0.2) is 0 Å². The molecule has 0 aliphatic rings. The molecular formula is C10H12OS. The molecule has 0 saturated heterocycles. The minimum absolute atomic E-state index is 0.0971. The number of carbonyl (C=O) groups excluding carboxylic acids is 1. The van der Waals surface area contributed by atoms with Gasteiger partial charge in [0.05, 0.1) is 0 Å². The second-order valence-corrected chi connectivity index (χ2v) is 3.73. The first-order chi connectivity index (χ1) is 5.70. The SMILES string of the molecule is CC(C)C(=O)/C=C/c1ccsc1. The van der Waals surface area contributed by atoms with E-state index >= 15 is 0 Å². The standard InChI is InChI=1S/C10H12OS/c1-8(2)10(11)4-3-9-5-6-12-7-9/h3-8H,1-2H3/b4-3+. The molecule has 0 spiro atoms. The van der Waals surface area contributed by atoms with Gasteiger partial charge in [-0.3, -0.25) is 4.79 Å².